The van der Waals surface area contributed by atoms with Crippen molar-refractivity contribution in [3.63, 3.8) is 0 Å². The van der Waals surface area contributed by atoms with E-state index in [9.17, 15) is 14.7 Å². The summed E-state index contributed by atoms with van der Waals surface area (Å²) in [7, 11) is 0. The Morgan fingerprint density at radius 2 is 1.89 bits per heavy atom. The molecular formula is C23H31NO4. The van der Waals surface area contributed by atoms with Crippen LogP contribution in [0.3, 0.4) is 0 Å². The number of carbonyl (C=O) groups excluding carboxylic acids is 2. The van der Waals surface area contributed by atoms with E-state index in [2.05, 4.69) is 11.9 Å². The van der Waals surface area contributed by atoms with Gasteiger partial charge in [-0.25, -0.2) is 4.79 Å². The van der Waals surface area contributed by atoms with Crippen molar-refractivity contribution in [2.75, 3.05) is 6.61 Å². The first kappa shape index (κ1) is 21.9. The molecule has 5 nitrogen and oxygen atoms in total. The van der Waals surface area contributed by atoms with Gasteiger partial charge in [-0.1, -0.05) is 58.6 Å². The Kier molecular flexibility index (Phi) is 7.97. The van der Waals surface area contributed by atoms with Gasteiger partial charge >= 0.3 is 5.97 Å². The Morgan fingerprint density at radius 1 is 1.18 bits per heavy atom. The van der Waals surface area contributed by atoms with E-state index in [1.54, 1.807) is 24.3 Å². The fourth-order valence-electron chi connectivity index (χ4n) is 3.29. The van der Waals surface area contributed by atoms with Crippen molar-refractivity contribution in [2.24, 2.45) is 10.4 Å². The summed E-state index contributed by atoms with van der Waals surface area (Å²) in [5.41, 5.74) is 0.753. The first-order valence-corrected chi connectivity index (χ1v) is 10.1. The number of allylic oxidation sites excluding steroid dienone is 2. The average molecular weight is 386 g/mol. The number of rotatable bonds is 9. The molecule has 1 aromatic carbocycles. The zero-order valence-electron chi connectivity index (χ0n) is 17.2. The summed E-state index contributed by atoms with van der Waals surface area (Å²) in [5.74, 6) is -0.501. The number of carbonyl (C=O) groups is 2. The van der Waals surface area contributed by atoms with Crippen LogP contribution in [0.5, 0.6) is 0 Å². The van der Waals surface area contributed by atoms with Crippen molar-refractivity contribution in [1.29, 1.82) is 0 Å². The van der Waals surface area contributed by atoms with Gasteiger partial charge in [0.05, 0.1) is 23.4 Å². The first-order valence-electron chi connectivity index (χ1n) is 10.1. The molecule has 0 spiro atoms. The lowest BCUT2D eigenvalue weighted by Gasteiger charge is -2.28. The number of ketones is 1. The van der Waals surface area contributed by atoms with Crippen LogP contribution in [0.25, 0.3) is 0 Å². The predicted octanol–water partition coefficient (Wildman–Crippen LogP) is 5.72. The van der Waals surface area contributed by atoms with Crippen molar-refractivity contribution >= 4 is 23.7 Å². The summed E-state index contributed by atoms with van der Waals surface area (Å²) < 4.78 is 5.37. The molecule has 0 heterocycles. The van der Waals surface area contributed by atoms with E-state index >= 15 is 0 Å². The molecule has 0 atom stereocenters. The Bertz CT molecular complexity index is 762. The van der Waals surface area contributed by atoms with Gasteiger partial charge in [-0.2, -0.15) is 0 Å². The quantitative estimate of drug-likeness (QED) is 0.335. The second kappa shape index (κ2) is 10.2. The maximum Gasteiger partial charge on any atom is 0.340 e. The number of aliphatic hydroxyl groups is 1. The van der Waals surface area contributed by atoms with Crippen LogP contribution < -0.4 is 0 Å². The minimum atomic E-state index is -0.419. The molecule has 5 heteroatoms. The van der Waals surface area contributed by atoms with E-state index in [1.165, 1.54) is 19.1 Å². The molecule has 28 heavy (non-hydrogen) atoms. The zero-order chi connectivity index (χ0) is 20.6. The van der Waals surface area contributed by atoms with Crippen LogP contribution in [0, 0.1) is 5.41 Å². The number of aliphatic hydroxyl groups excluding tert-OH is 1. The van der Waals surface area contributed by atoms with Gasteiger partial charge in [0.15, 0.2) is 5.78 Å². The number of hydrogen-bond donors (Lipinski definition) is 1. The second-order valence-electron chi connectivity index (χ2n) is 8.13. The van der Waals surface area contributed by atoms with Crippen LogP contribution in [-0.4, -0.2) is 29.7 Å². The molecule has 0 saturated heterocycles. The Labute approximate surface area is 167 Å². The third-order valence-electron chi connectivity index (χ3n) is 4.83. The minimum absolute atomic E-state index is 0.0529. The van der Waals surface area contributed by atoms with E-state index in [1.807, 2.05) is 13.8 Å². The van der Waals surface area contributed by atoms with E-state index in [4.69, 9.17) is 4.74 Å². The van der Waals surface area contributed by atoms with Gasteiger partial charge in [-0.15, -0.1) is 0 Å². The van der Waals surface area contributed by atoms with Crippen molar-refractivity contribution < 1.29 is 19.4 Å². The predicted molar refractivity (Wildman–Crippen MR) is 111 cm³/mol. The Balaban J connectivity index is 2.04. The molecule has 1 aliphatic carbocycles. The highest BCUT2D eigenvalue weighted by molar-refractivity contribution is 6.15. The standard InChI is InChI=1S/C23H31NO4/c1-4-5-6-7-10-13-28-22(27)17-11-8-9-12-19(17)24-16-18-20(25)14-23(2,3)15-21(18)26/h8-9,11-12,16,25H,4-7,10,13-15H2,1-3H3. The largest absolute Gasteiger partial charge is 0.511 e. The molecule has 2 rings (SSSR count). The highest BCUT2D eigenvalue weighted by Crippen LogP contribution is 2.35. The number of esters is 1. The summed E-state index contributed by atoms with van der Waals surface area (Å²) in [4.78, 5) is 29.0. The first-order chi connectivity index (χ1) is 13.3. The fraction of sp³-hybridized carbons (Fsp3) is 0.522. The van der Waals surface area contributed by atoms with Crippen molar-refractivity contribution in [2.45, 2.75) is 65.7 Å². The Hall–Kier alpha value is -2.43. The number of aliphatic imine (C=N–C) groups is 1. The second-order valence-corrected chi connectivity index (χ2v) is 8.13. The third kappa shape index (κ3) is 6.32. The lowest BCUT2D eigenvalue weighted by molar-refractivity contribution is -0.117. The third-order valence-corrected chi connectivity index (χ3v) is 4.83. The molecule has 0 aromatic heterocycles. The maximum atomic E-state index is 12.4. The van der Waals surface area contributed by atoms with Crippen molar-refractivity contribution in [3.05, 3.63) is 41.2 Å². The molecule has 0 fully saturated rings. The summed E-state index contributed by atoms with van der Waals surface area (Å²) >= 11 is 0. The highest BCUT2D eigenvalue weighted by atomic mass is 16.5. The number of ether oxygens (including phenoxy) is 1. The number of nitrogens with zero attached hydrogens (tertiary/aromatic N) is 1. The van der Waals surface area contributed by atoms with Gasteiger partial charge < -0.3 is 9.84 Å². The topological polar surface area (TPSA) is 76.0 Å². The summed E-state index contributed by atoms with van der Waals surface area (Å²) in [6, 6.07) is 6.88. The Morgan fingerprint density at radius 3 is 2.61 bits per heavy atom. The summed E-state index contributed by atoms with van der Waals surface area (Å²) in [5, 5.41) is 10.2. The van der Waals surface area contributed by atoms with E-state index in [-0.39, 0.29) is 22.5 Å². The monoisotopic (exact) mass is 385 g/mol. The van der Waals surface area contributed by atoms with Gasteiger partial charge in [-0.3, -0.25) is 9.79 Å². The molecule has 1 aromatic rings. The molecule has 0 amide bonds. The molecule has 152 valence electrons. The molecule has 1 N–H and O–H groups in total. The molecule has 0 aliphatic heterocycles. The molecule has 0 bridgehead atoms. The van der Waals surface area contributed by atoms with Gasteiger partial charge in [0.1, 0.15) is 5.76 Å². The molecule has 0 unspecified atom stereocenters. The van der Waals surface area contributed by atoms with Gasteiger partial charge in [0, 0.05) is 19.1 Å². The van der Waals surface area contributed by atoms with Crippen LogP contribution in [-0.2, 0) is 9.53 Å². The van der Waals surface area contributed by atoms with E-state index in [0.717, 1.165) is 19.3 Å². The fourth-order valence-corrected chi connectivity index (χ4v) is 3.29. The normalized spacial score (nSPS) is 16.6. The van der Waals surface area contributed by atoms with Gasteiger partial charge in [0.2, 0.25) is 0 Å². The average Bonchev–Trinajstić information content (AvgIpc) is 2.63. The summed E-state index contributed by atoms with van der Waals surface area (Å²) in [6.45, 7) is 6.44. The van der Waals surface area contributed by atoms with Crippen LogP contribution in [0.15, 0.2) is 40.6 Å². The molecular weight excluding hydrogens is 354 g/mol. The number of para-hydroxylation sites is 1. The van der Waals surface area contributed by atoms with Crippen LogP contribution in [0.2, 0.25) is 0 Å². The van der Waals surface area contributed by atoms with Gasteiger partial charge in [0.25, 0.3) is 0 Å². The van der Waals surface area contributed by atoms with Crippen molar-refractivity contribution in [1.82, 2.24) is 0 Å². The van der Waals surface area contributed by atoms with Crippen LogP contribution in [0.1, 0.15) is 76.1 Å². The lowest BCUT2D eigenvalue weighted by Crippen LogP contribution is -2.26. The zero-order valence-corrected chi connectivity index (χ0v) is 17.2. The molecule has 0 saturated carbocycles. The SMILES string of the molecule is CCCCCCCOC(=O)c1ccccc1N=CC1=C(O)CC(C)(C)CC1=O. The molecule has 1 aliphatic rings. The maximum absolute atomic E-state index is 12.4. The number of unbranched alkanes of at least 4 members (excludes halogenated alkanes) is 4. The number of Topliss-reactive ketones (excluding diaryl/α,β-unsaturated/α-hetero) is 1. The van der Waals surface area contributed by atoms with Crippen LogP contribution in [0.4, 0.5) is 5.69 Å². The number of hydrogen-bond acceptors (Lipinski definition) is 5. The van der Waals surface area contributed by atoms with E-state index in [0.29, 0.717) is 30.7 Å². The highest BCUT2D eigenvalue weighted by Gasteiger charge is 2.32. The molecule has 0 radical (unpaired) electrons. The minimum Gasteiger partial charge on any atom is -0.511 e. The summed E-state index contributed by atoms with van der Waals surface area (Å²) in [6.07, 6.45) is 7.58. The van der Waals surface area contributed by atoms with Crippen molar-refractivity contribution in [3.8, 4) is 0 Å². The smallest absolute Gasteiger partial charge is 0.340 e. The van der Waals surface area contributed by atoms with Crippen LogP contribution >= 0.6 is 0 Å². The van der Waals surface area contributed by atoms with Gasteiger partial charge in [-0.05, 0) is 24.0 Å². The lowest BCUT2D eigenvalue weighted by atomic mass is 9.77. The number of benzene rings is 1. The van der Waals surface area contributed by atoms with E-state index < -0.39 is 5.97 Å².